The van der Waals surface area contributed by atoms with Gasteiger partial charge in [-0.15, -0.1) is 0 Å². The van der Waals surface area contributed by atoms with Crippen molar-refractivity contribution in [3.63, 3.8) is 0 Å². The number of rotatable bonds is 1. The van der Waals surface area contributed by atoms with Crippen LogP contribution in [0.3, 0.4) is 0 Å². The van der Waals surface area contributed by atoms with E-state index in [1.54, 1.807) is 13.8 Å². The van der Waals surface area contributed by atoms with Crippen molar-refractivity contribution >= 4 is 0 Å². The van der Waals surface area contributed by atoms with Crippen LogP contribution in [0.5, 0.6) is 0 Å². The maximum Gasteiger partial charge on any atom is 0.252 e. The molecule has 0 amide bonds. The number of pyridine rings is 1. The van der Waals surface area contributed by atoms with Gasteiger partial charge in [-0.3, -0.25) is 9.36 Å². The molecule has 2 nitrogen and oxygen atoms in total. The Hall–Kier alpha value is -1.12. The van der Waals surface area contributed by atoms with Crippen molar-refractivity contribution < 1.29 is 4.39 Å². The molecule has 0 aromatic carbocycles. The van der Waals surface area contributed by atoms with Crippen molar-refractivity contribution in [2.75, 3.05) is 0 Å². The van der Waals surface area contributed by atoms with Crippen LogP contribution in [0.25, 0.3) is 0 Å². The number of hydrogen-bond donors (Lipinski definition) is 0. The molecule has 1 heterocycles. The average Bonchev–Trinajstić information content (AvgIpc) is 1.85. The summed E-state index contributed by atoms with van der Waals surface area (Å²) in [6.45, 7) is 3.54. The molecule has 0 bridgehead atoms. The van der Waals surface area contributed by atoms with Gasteiger partial charge in [0.2, 0.25) is 0 Å². The van der Waals surface area contributed by atoms with Crippen molar-refractivity contribution in [1.82, 2.24) is 4.57 Å². The molecule has 0 aliphatic rings. The third-order valence-electron chi connectivity index (χ3n) is 1.46. The second-order valence-corrected chi connectivity index (χ2v) is 2.65. The van der Waals surface area contributed by atoms with E-state index in [0.717, 1.165) is 4.57 Å². The van der Waals surface area contributed by atoms with Crippen molar-refractivity contribution in [2.24, 2.45) is 0 Å². The van der Waals surface area contributed by atoms with Crippen LogP contribution in [0, 0.1) is 5.95 Å². The van der Waals surface area contributed by atoms with Gasteiger partial charge in [0.25, 0.3) is 5.56 Å². The van der Waals surface area contributed by atoms with E-state index in [1.807, 2.05) is 0 Å². The largest absolute Gasteiger partial charge is 0.282 e. The lowest BCUT2D eigenvalue weighted by Gasteiger charge is -2.09. The molecule has 0 aliphatic carbocycles. The van der Waals surface area contributed by atoms with Crippen molar-refractivity contribution in [1.29, 1.82) is 0 Å². The van der Waals surface area contributed by atoms with Gasteiger partial charge in [-0.05, 0) is 19.9 Å². The van der Waals surface area contributed by atoms with E-state index in [2.05, 4.69) is 0 Å². The van der Waals surface area contributed by atoms with Crippen LogP contribution in [-0.4, -0.2) is 4.57 Å². The Bertz CT molecular complexity index is 303. The monoisotopic (exact) mass is 155 g/mol. The summed E-state index contributed by atoms with van der Waals surface area (Å²) < 4.78 is 14.0. The summed E-state index contributed by atoms with van der Waals surface area (Å²) in [4.78, 5) is 11.0. The maximum absolute atomic E-state index is 12.9. The van der Waals surface area contributed by atoms with Gasteiger partial charge in [0.05, 0.1) is 0 Å². The molecule has 1 rings (SSSR count). The fourth-order valence-corrected chi connectivity index (χ4v) is 0.977. The molecule has 0 fully saturated rings. The minimum Gasteiger partial charge on any atom is -0.282 e. The highest BCUT2D eigenvalue weighted by molar-refractivity contribution is 4.96. The Morgan fingerprint density at radius 2 is 2.09 bits per heavy atom. The lowest BCUT2D eigenvalue weighted by Crippen LogP contribution is -2.23. The molecular weight excluding hydrogens is 145 g/mol. The fourth-order valence-electron chi connectivity index (χ4n) is 0.977. The minimum absolute atomic E-state index is 0.122. The molecule has 1 aromatic rings. The molecule has 0 saturated heterocycles. The molecular formula is C8H10FNO. The van der Waals surface area contributed by atoms with Crippen LogP contribution in [0.1, 0.15) is 19.9 Å². The lowest BCUT2D eigenvalue weighted by molar-refractivity contribution is 0.436. The van der Waals surface area contributed by atoms with Crippen LogP contribution in [0.4, 0.5) is 4.39 Å². The second kappa shape index (κ2) is 2.86. The molecule has 0 radical (unpaired) electrons. The van der Waals surface area contributed by atoms with Crippen molar-refractivity contribution in [2.45, 2.75) is 19.9 Å². The van der Waals surface area contributed by atoms with Gasteiger partial charge in [-0.1, -0.05) is 6.07 Å². The smallest absolute Gasteiger partial charge is 0.252 e. The van der Waals surface area contributed by atoms with Crippen LogP contribution < -0.4 is 5.56 Å². The Morgan fingerprint density at radius 3 is 2.45 bits per heavy atom. The summed E-state index contributed by atoms with van der Waals surface area (Å²) >= 11 is 0. The highest BCUT2D eigenvalue weighted by Gasteiger charge is 2.04. The summed E-state index contributed by atoms with van der Waals surface area (Å²) in [5, 5.41) is 0. The van der Waals surface area contributed by atoms with Gasteiger partial charge in [-0.2, -0.15) is 4.39 Å². The van der Waals surface area contributed by atoms with E-state index < -0.39 is 5.95 Å². The molecule has 1 aromatic heterocycles. The van der Waals surface area contributed by atoms with Crippen LogP contribution >= 0.6 is 0 Å². The number of halogens is 1. The first-order valence-corrected chi connectivity index (χ1v) is 3.50. The number of hydrogen-bond acceptors (Lipinski definition) is 1. The first-order valence-electron chi connectivity index (χ1n) is 3.50. The molecule has 0 N–H and O–H groups in total. The third kappa shape index (κ3) is 1.48. The Morgan fingerprint density at radius 1 is 1.45 bits per heavy atom. The molecule has 0 aliphatic heterocycles. The van der Waals surface area contributed by atoms with E-state index in [0.29, 0.717) is 0 Å². The highest BCUT2D eigenvalue weighted by Crippen LogP contribution is 2.02. The van der Waals surface area contributed by atoms with E-state index in [4.69, 9.17) is 0 Å². The molecule has 0 spiro atoms. The van der Waals surface area contributed by atoms with Gasteiger partial charge < -0.3 is 0 Å². The lowest BCUT2D eigenvalue weighted by atomic mass is 10.3. The van der Waals surface area contributed by atoms with Gasteiger partial charge in [0.1, 0.15) is 0 Å². The average molecular weight is 155 g/mol. The van der Waals surface area contributed by atoms with E-state index in [-0.39, 0.29) is 11.6 Å². The van der Waals surface area contributed by atoms with Gasteiger partial charge >= 0.3 is 0 Å². The van der Waals surface area contributed by atoms with Gasteiger partial charge in [-0.25, -0.2) is 0 Å². The molecule has 11 heavy (non-hydrogen) atoms. The SMILES string of the molecule is CC(C)n1c(F)cccc1=O. The highest BCUT2D eigenvalue weighted by atomic mass is 19.1. The molecule has 0 atom stereocenters. The number of aromatic nitrogens is 1. The van der Waals surface area contributed by atoms with E-state index in [1.165, 1.54) is 18.2 Å². The summed E-state index contributed by atoms with van der Waals surface area (Å²) in [5.41, 5.74) is -0.292. The standard InChI is InChI=1S/C8H10FNO/c1-6(2)10-7(9)4-3-5-8(10)11/h3-6H,1-2H3. The zero-order valence-electron chi connectivity index (χ0n) is 6.54. The maximum atomic E-state index is 12.9. The predicted molar refractivity (Wildman–Crippen MR) is 41.0 cm³/mol. The second-order valence-electron chi connectivity index (χ2n) is 2.65. The summed E-state index contributed by atoms with van der Waals surface area (Å²) in [6, 6.07) is 3.92. The van der Waals surface area contributed by atoms with Crippen LogP contribution in [0.15, 0.2) is 23.0 Å². The zero-order valence-corrected chi connectivity index (χ0v) is 6.54. The molecule has 0 saturated carbocycles. The van der Waals surface area contributed by atoms with Crippen LogP contribution in [0.2, 0.25) is 0 Å². The molecule has 60 valence electrons. The summed E-state index contributed by atoms with van der Waals surface area (Å²) in [7, 11) is 0. The number of nitrogens with zero attached hydrogens (tertiary/aromatic N) is 1. The van der Waals surface area contributed by atoms with E-state index in [9.17, 15) is 9.18 Å². The van der Waals surface area contributed by atoms with Gasteiger partial charge in [0, 0.05) is 12.1 Å². The quantitative estimate of drug-likeness (QED) is 0.564. The Kier molecular flexibility index (Phi) is 2.08. The van der Waals surface area contributed by atoms with Crippen LogP contribution in [-0.2, 0) is 0 Å². The predicted octanol–water partition coefficient (Wildman–Crippen LogP) is 1.57. The normalized spacial score (nSPS) is 10.5. The first-order chi connectivity index (χ1) is 5.13. The Labute approximate surface area is 64.3 Å². The van der Waals surface area contributed by atoms with Crippen molar-refractivity contribution in [3.05, 3.63) is 34.5 Å². The molecule has 0 unspecified atom stereocenters. The zero-order chi connectivity index (χ0) is 8.43. The first kappa shape index (κ1) is 7.98. The molecule has 3 heteroatoms. The van der Waals surface area contributed by atoms with Gasteiger partial charge in [0.15, 0.2) is 5.95 Å². The minimum atomic E-state index is -0.479. The van der Waals surface area contributed by atoms with E-state index >= 15 is 0 Å². The summed E-state index contributed by atoms with van der Waals surface area (Å²) in [6.07, 6.45) is 0. The Balaban J connectivity index is 3.33. The summed E-state index contributed by atoms with van der Waals surface area (Å²) in [5.74, 6) is -0.479. The van der Waals surface area contributed by atoms with Crippen molar-refractivity contribution in [3.8, 4) is 0 Å². The fraction of sp³-hybridized carbons (Fsp3) is 0.375. The third-order valence-corrected chi connectivity index (χ3v) is 1.46. The topological polar surface area (TPSA) is 22.0 Å².